The molecule has 0 saturated heterocycles. The molecule has 0 bridgehead atoms. The Hall–Kier alpha value is -0.540. The average Bonchev–Trinajstić information content (AvgIpc) is 2.43. The molecule has 0 unspecified atom stereocenters. The van der Waals surface area contributed by atoms with E-state index in [1.54, 1.807) is 0 Å². The van der Waals surface area contributed by atoms with Crippen LogP contribution in [0.15, 0.2) is 16.6 Å². The number of hydrogen-bond acceptors (Lipinski definition) is 2. The Kier molecular flexibility index (Phi) is 3.01. The highest BCUT2D eigenvalue weighted by molar-refractivity contribution is 9.10. The molecule has 2 rings (SSSR count). The standard InChI is InChI=1S/C13H17BrO2/c1-4-16-10-6-5-8(14)11-9(15)7-13(2,3)12(10)11/h5-6,9,15H,4,7H2,1-3H3/t9-/m1/s1. The second kappa shape index (κ2) is 4.04. The molecule has 2 nitrogen and oxygen atoms in total. The summed E-state index contributed by atoms with van der Waals surface area (Å²) in [5.41, 5.74) is 2.12. The number of aliphatic hydroxyl groups excluding tert-OH is 1. The summed E-state index contributed by atoms with van der Waals surface area (Å²) in [7, 11) is 0. The fraction of sp³-hybridized carbons (Fsp3) is 0.538. The summed E-state index contributed by atoms with van der Waals surface area (Å²) < 4.78 is 6.63. The van der Waals surface area contributed by atoms with E-state index in [4.69, 9.17) is 4.74 Å². The van der Waals surface area contributed by atoms with E-state index in [0.29, 0.717) is 6.61 Å². The van der Waals surface area contributed by atoms with Crippen LogP contribution >= 0.6 is 15.9 Å². The number of halogens is 1. The van der Waals surface area contributed by atoms with Crippen LogP contribution in [0.3, 0.4) is 0 Å². The van der Waals surface area contributed by atoms with E-state index in [1.807, 2.05) is 19.1 Å². The predicted molar refractivity (Wildman–Crippen MR) is 67.9 cm³/mol. The van der Waals surface area contributed by atoms with E-state index < -0.39 is 0 Å². The van der Waals surface area contributed by atoms with Crippen LogP contribution in [0.4, 0.5) is 0 Å². The Morgan fingerprint density at radius 1 is 1.50 bits per heavy atom. The van der Waals surface area contributed by atoms with Crippen LogP contribution in [0.5, 0.6) is 5.75 Å². The lowest BCUT2D eigenvalue weighted by Crippen LogP contribution is -2.14. The van der Waals surface area contributed by atoms with Gasteiger partial charge in [-0.3, -0.25) is 0 Å². The van der Waals surface area contributed by atoms with Gasteiger partial charge in [0.25, 0.3) is 0 Å². The Balaban J connectivity index is 2.62. The number of benzene rings is 1. The third-order valence-corrected chi connectivity index (χ3v) is 3.86. The van der Waals surface area contributed by atoms with Crippen LogP contribution in [0, 0.1) is 0 Å². The van der Waals surface area contributed by atoms with Gasteiger partial charge < -0.3 is 9.84 Å². The van der Waals surface area contributed by atoms with Crippen molar-refractivity contribution in [2.75, 3.05) is 6.61 Å². The van der Waals surface area contributed by atoms with Crippen molar-refractivity contribution in [2.24, 2.45) is 0 Å². The Bertz CT molecular complexity index is 413. The fourth-order valence-corrected chi connectivity index (χ4v) is 3.16. The smallest absolute Gasteiger partial charge is 0.123 e. The van der Waals surface area contributed by atoms with E-state index in [2.05, 4.69) is 29.8 Å². The van der Waals surface area contributed by atoms with Gasteiger partial charge in [0.1, 0.15) is 5.75 Å². The molecule has 0 amide bonds. The molecule has 0 saturated carbocycles. The zero-order valence-corrected chi connectivity index (χ0v) is 11.5. The number of rotatable bonds is 2. The highest BCUT2D eigenvalue weighted by Crippen LogP contribution is 2.51. The fourth-order valence-electron chi connectivity index (χ4n) is 2.56. The minimum atomic E-state index is -0.389. The highest BCUT2D eigenvalue weighted by atomic mass is 79.9. The van der Waals surface area contributed by atoms with E-state index in [1.165, 1.54) is 0 Å². The van der Waals surface area contributed by atoms with Gasteiger partial charge >= 0.3 is 0 Å². The van der Waals surface area contributed by atoms with Gasteiger partial charge in [0.2, 0.25) is 0 Å². The van der Waals surface area contributed by atoms with Crippen LogP contribution < -0.4 is 4.74 Å². The first kappa shape index (κ1) is 11.9. The third kappa shape index (κ3) is 1.76. The first-order valence-electron chi connectivity index (χ1n) is 5.61. The Morgan fingerprint density at radius 3 is 2.81 bits per heavy atom. The molecule has 0 radical (unpaired) electrons. The number of fused-ring (bicyclic) bond motifs is 1. The SMILES string of the molecule is CCOc1ccc(Br)c2c1C(C)(C)C[C@H]2O. The average molecular weight is 285 g/mol. The molecule has 0 heterocycles. The van der Waals surface area contributed by atoms with Crippen molar-refractivity contribution in [3.05, 3.63) is 27.7 Å². The summed E-state index contributed by atoms with van der Waals surface area (Å²) in [4.78, 5) is 0. The number of aliphatic hydroxyl groups is 1. The van der Waals surface area contributed by atoms with Gasteiger partial charge in [0.15, 0.2) is 0 Å². The summed E-state index contributed by atoms with van der Waals surface area (Å²) in [5, 5.41) is 10.1. The summed E-state index contributed by atoms with van der Waals surface area (Å²) in [6.07, 6.45) is 0.366. The molecule has 16 heavy (non-hydrogen) atoms. The lowest BCUT2D eigenvalue weighted by atomic mass is 9.86. The van der Waals surface area contributed by atoms with E-state index in [-0.39, 0.29) is 11.5 Å². The normalized spacial score (nSPS) is 21.9. The molecular formula is C13H17BrO2. The predicted octanol–water partition coefficient (Wildman–Crippen LogP) is 3.56. The van der Waals surface area contributed by atoms with E-state index in [9.17, 15) is 5.11 Å². The van der Waals surface area contributed by atoms with Gasteiger partial charge in [-0.05, 0) is 30.9 Å². The van der Waals surface area contributed by atoms with Crippen molar-refractivity contribution >= 4 is 15.9 Å². The zero-order valence-electron chi connectivity index (χ0n) is 9.88. The topological polar surface area (TPSA) is 29.5 Å². The lowest BCUT2D eigenvalue weighted by molar-refractivity contribution is 0.161. The molecule has 0 aliphatic heterocycles. The van der Waals surface area contributed by atoms with Gasteiger partial charge in [-0.2, -0.15) is 0 Å². The second-order valence-electron chi connectivity index (χ2n) is 4.87. The summed E-state index contributed by atoms with van der Waals surface area (Å²) >= 11 is 3.51. The van der Waals surface area contributed by atoms with Crippen molar-refractivity contribution < 1.29 is 9.84 Å². The monoisotopic (exact) mass is 284 g/mol. The van der Waals surface area contributed by atoms with Crippen LogP contribution in [-0.4, -0.2) is 11.7 Å². The van der Waals surface area contributed by atoms with Gasteiger partial charge in [0, 0.05) is 15.6 Å². The third-order valence-electron chi connectivity index (χ3n) is 3.17. The molecule has 0 fully saturated rings. The molecule has 88 valence electrons. The quantitative estimate of drug-likeness (QED) is 0.900. The minimum absolute atomic E-state index is 0.0248. The van der Waals surface area contributed by atoms with Gasteiger partial charge in [0.05, 0.1) is 12.7 Å². The number of hydrogen-bond donors (Lipinski definition) is 1. The molecule has 1 N–H and O–H groups in total. The van der Waals surface area contributed by atoms with Crippen molar-refractivity contribution in [2.45, 2.75) is 38.7 Å². The van der Waals surface area contributed by atoms with Crippen LogP contribution in [0.25, 0.3) is 0 Å². The summed E-state index contributed by atoms with van der Waals surface area (Å²) in [6.45, 7) is 6.93. The first-order chi connectivity index (χ1) is 7.47. The van der Waals surface area contributed by atoms with Crippen molar-refractivity contribution in [1.82, 2.24) is 0 Å². The van der Waals surface area contributed by atoms with Gasteiger partial charge in [-0.15, -0.1) is 0 Å². The maximum absolute atomic E-state index is 10.1. The molecule has 1 aliphatic carbocycles. The molecule has 0 aromatic heterocycles. The first-order valence-corrected chi connectivity index (χ1v) is 6.40. The van der Waals surface area contributed by atoms with Crippen LogP contribution in [0.1, 0.15) is 44.4 Å². The summed E-state index contributed by atoms with van der Waals surface area (Å²) in [6, 6.07) is 3.93. The van der Waals surface area contributed by atoms with Crippen molar-refractivity contribution in [3.8, 4) is 5.75 Å². The van der Waals surface area contributed by atoms with E-state index >= 15 is 0 Å². The Morgan fingerprint density at radius 2 is 2.19 bits per heavy atom. The summed E-state index contributed by atoms with van der Waals surface area (Å²) in [5.74, 6) is 0.905. The zero-order chi connectivity index (χ0) is 11.9. The van der Waals surface area contributed by atoms with Gasteiger partial charge in [-0.1, -0.05) is 29.8 Å². The van der Waals surface area contributed by atoms with Crippen molar-refractivity contribution in [1.29, 1.82) is 0 Å². The maximum Gasteiger partial charge on any atom is 0.123 e. The van der Waals surface area contributed by atoms with Crippen LogP contribution in [0.2, 0.25) is 0 Å². The highest BCUT2D eigenvalue weighted by Gasteiger charge is 2.39. The largest absolute Gasteiger partial charge is 0.494 e. The molecule has 1 aliphatic rings. The van der Waals surface area contributed by atoms with Crippen molar-refractivity contribution in [3.63, 3.8) is 0 Å². The second-order valence-corrected chi connectivity index (χ2v) is 5.73. The molecular weight excluding hydrogens is 268 g/mol. The Labute approximate surface area is 105 Å². The molecule has 0 spiro atoms. The maximum atomic E-state index is 10.1. The molecule has 3 heteroatoms. The molecule has 1 aromatic carbocycles. The van der Waals surface area contributed by atoms with Gasteiger partial charge in [-0.25, -0.2) is 0 Å². The number of ether oxygens (including phenoxy) is 1. The lowest BCUT2D eigenvalue weighted by Gasteiger charge is -2.22. The van der Waals surface area contributed by atoms with Crippen LogP contribution in [-0.2, 0) is 5.41 Å². The minimum Gasteiger partial charge on any atom is -0.494 e. The molecule has 1 atom stereocenters. The van der Waals surface area contributed by atoms with E-state index in [0.717, 1.165) is 27.8 Å². The molecule has 1 aromatic rings.